The van der Waals surface area contributed by atoms with Crippen molar-refractivity contribution in [2.24, 2.45) is 0 Å². The molecule has 14 heavy (non-hydrogen) atoms. The van der Waals surface area contributed by atoms with Gasteiger partial charge in [0.2, 0.25) is 0 Å². The first-order valence-corrected chi connectivity index (χ1v) is 4.35. The van der Waals surface area contributed by atoms with Crippen LogP contribution in [-0.2, 0) is 12.6 Å². The van der Waals surface area contributed by atoms with Crippen LogP contribution >= 0.6 is 0 Å². The molecule has 0 spiro atoms. The molecule has 0 aromatic carbocycles. The first-order chi connectivity index (χ1) is 6.45. The van der Waals surface area contributed by atoms with Gasteiger partial charge in [-0.3, -0.25) is 0 Å². The van der Waals surface area contributed by atoms with E-state index in [0.717, 1.165) is 6.20 Å². The summed E-state index contributed by atoms with van der Waals surface area (Å²) in [6, 6.07) is 0. The average Bonchev–Trinajstić information content (AvgIpc) is 2.02. The first-order valence-electron chi connectivity index (χ1n) is 4.35. The van der Waals surface area contributed by atoms with E-state index in [9.17, 15) is 13.2 Å². The second kappa shape index (κ2) is 3.94. The van der Waals surface area contributed by atoms with Gasteiger partial charge in [-0.05, 0) is 13.3 Å². The summed E-state index contributed by atoms with van der Waals surface area (Å²) >= 11 is 0. The van der Waals surface area contributed by atoms with Crippen molar-refractivity contribution in [1.29, 1.82) is 0 Å². The second-order valence-corrected chi connectivity index (χ2v) is 3.03. The van der Waals surface area contributed by atoms with Crippen LogP contribution in [0.5, 0.6) is 0 Å². The fourth-order valence-electron chi connectivity index (χ4n) is 1.18. The second-order valence-electron chi connectivity index (χ2n) is 3.03. The molecule has 78 valence electrons. The van der Waals surface area contributed by atoms with Gasteiger partial charge in [-0.2, -0.15) is 13.2 Å². The number of alkyl halides is 3. The Hall–Kier alpha value is -1.13. The Morgan fingerprint density at radius 2 is 2.00 bits per heavy atom. The minimum Gasteiger partial charge on any atom is -0.241 e. The number of aromatic nitrogens is 2. The summed E-state index contributed by atoms with van der Waals surface area (Å²) in [5.74, 6) is 0.376. The highest BCUT2D eigenvalue weighted by Crippen LogP contribution is 2.31. The Kier molecular flexibility index (Phi) is 3.08. The molecule has 0 aliphatic carbocycles. The fraction of sp³-hybridized carbons (Fsp3) is 0.556. The van der Waals surface area contributed by atoms with Crippen LogP contribution < -0.4 is 0 Å². The highest BCUT2D eigenvalue weighted by Gasteiger charge is 2.34. The Balaban J connectivity index is 3.15. The van der Waals surface area contributed by atoms with Gasteiger partial charge in [0.1, 0.15) is 5.82 Å². The van der Waals surface area contributed by atoms with Crippen LogP contribution in [0.25, 0.3) is 0 Å². The molecular formula is C9H11F3N2. The van der Waals surface area contributed by atoms with Crippen molar-refractivity contribution in [1.82, 2.24) is 9.97 Å². The summed E-state index contributed by atoms with van der Waals surface area (Å²) in [4.78, 5) is 7.36. The Morgan fingerprint density at radius 1 is 1.36 bits per heavy atom. The quantitative estimate of drug-likeness (QED) is 0.740. The molecule has 0 radical (unpaired) electrons. The van der Waals surface area contributed by atoms with Crippen molar-refractivity contribution in [3.63, 3.8) is 0 Å². The summed E-state index contributed by atoms with van der Waals surface area (Å²) in [7, 11) is 0. The Morgan fingerprint density at radius 3 is 2.50 bits per heavy atom. The number of hydrogen-bond acceptors (Lipinski definition) is 2. The predicted molar refractivity (Wildman–Crippen MR) is 45.8 cm³/mol. The third-order valence-corrected chi connectivity index (χ3v) is 1.78. The fourth-order valence-corrected chi connectivity index (χ4v) is 1.18. The van der Waals surface area contributed by atoms with E-state index in [0.29, 0.717) is 18.7 Å². The molecule has 0 aliphatic rings. The van der Waals surface area contributed by atoms with Crippen molar-refractivity contribution >= 4 is 0 Å². The van der Waals surface area contributed by atoms with Gasteiger partial charge in [-0.15, -0.1) is 0 Å². The maximum absolute atomic E-state index is 12.4. The third kappa shape index (κ3) is 2.43. The monoisotopic (exact) mass is 204 g/mol. The molecule has 1 rings (SSSR count). The van der Waals surface area contributed by atoms with Gasteiger partial charge in [-0.1, -0.05) is 13.3 Å². The molecule has 0 saturated heterocycles. The molecule has 1 aromatic rings. The molecule has 0 N–H and O–H groups in total. The van der Waals surface area contributed by atoms with E-state index in [1.807, 2.05) is 6.92 Å². The van der Waals surface area contributed by atoms with E-state index in [4.69, 9.17) is 0 Å². The lowest BCUT2D eigenvalue weighted by Crippen LogP contribution is -2.12. The molecule has 1 aromatic heterocycles. The van der Waals surface area contributed by atoms with Crippen LogP contribution in [0.3, 0.4) is 0 Å². The summed E-state index contributed by atoms with van der Waals surface area (Å²) in [5.41, 5.74) is -0.627. The van der Waals surface area contributed by atoms with E-state index in [1.165, 1.54) is 0 Å². The van der Waals surface area contributed by atoms with Gasteiger partial charge in [-0.25, -0.2) is 9.97 Å². The van der Waals surface area contributed by atoms with Crippen LogP contribution in [0.4, 0.5) is 13.2 Å². The number of aryl methyl sites for hydroxylation is 2. The van der Waals surface area contributed by atoms with Gasteiger partial charge < -0.3 is 0 Å². The van der Waals surface area contributed by atoms with Crippen LogP contribution in [-0.4, -0.2) is 9.97 Å². The lowest BCUT2D eigenvalue weighted by molar-refractivity contribution is -0.138. The number of halogens is 3. The first kappa shape index (κ1) is 10.9. The smallest absolute Gasteiger partial charge is 0.241 e. The molecule has 0 aliphatic heterocycles. The van der Waals surface area contributed by atoms with E-state index in [1.54, 1.807) is 6.92 Å². The van der Waals surface area contributed by atoms with Gasteiger partial charge in [0, 0.05) is 6.20 Å². The largest absolute Gasteiger partial charge is 0.419 e. The lowest BCUT2D eigenvalue weighted by Gasteiger charge is -2.10. The third-order valence-electron chi connectivity index (χ3n) is 1.78. The van der Waals surface area contributed by atoms with Crippen molar-refractivity contribution in [2.75, 3.05) is 0 Å². The molecule has 0 amide bonds. The normalized spacial score (nSPS) is 11.8. The topological polar surface area (TPSA) is 25.8 Å². The van der Waals surface area contributed by atoms with Crippen molar-refractivity contribution in [3.05, 3.63) is 23.3 Å². The van der Waals surface area contributed by atoms with Gasteiger partial charge in [0.05, 0.1) is 11.3 Å². The number of nitrogens with zero attached hydrogens (tertiary/aromatic N) is 2. The molecule has 0 saturated carbocycles. The standard InChI is InChI=1S/C9H11F3N2/c1-3-4-8-7(9(10,11)12)5-13-6(2)14-8/h5H,3-4H2,1-2H3. The molecule has 2 nitrogen and oxygen atoms in total. The van der Waals surface area contributed by atoms with Crippen LogP contribution in [0.2, 0.25) is 0 Å². The van der Waals surface area contributed by atoms with Crippen LogP contribution in [0.1, 0.15) is 30.4 Å². The number of hydrogen-bond donors (Lipinski definition) is 0. The van der Waals surface area contributed by atoms with Gasteiger partial charge >= 0.3 is 6.18 Å². The Labute approximate surface area is 80.2 Å². The molecule has 0 bridgehead atoms. The summed E-state index contributed by atoms with van der Waals surface area (Å²) < 4.78 is 37.3. The average molecular weight is 204 g/mol. The summed E-state index contributed by atoms with van der Waals surface area (Å²) in [6.45, 7) is 3.40. The molecule has 1 heterocycles. The van der Waals surface area contributed by atoms with E-state index in [-0.39, 0.29) is 5.69 Å². The SMILES string of the molecule is CCCc1nc(C)ncc1C(F)(F)F. The predicted octanol–water partition coefficient (Wildman–Crippen LogP) is 2.76. The van der Waals surface area contributed by atoms with Crippen molar-refractivity contribution in [2.45, 2.75) is 32.9 Å². The molecule has 0 fully saturated rings. The minimum absolute atomic E-state index is 0.0903. The van der Waals surface area contributed by atoms with E-state index < -0.39 is 11.7 Å². The number of rotatable bonds is 2. The zero-order valence-corrected chi connectivity index (χ0v) is 8.02. The van der Waals surface area contributed by atoms with E-state index >= 15 is 0 Å². The summed E-state index contributed by atoms with van der Waals surface area (Å²) in [5, 5.41) is 0. The molecule has 0 atom stereocenters. The zero-order valence-electron chi connectivity index (χ0n) is 8.02. The van der Waals surface area contributed by atoms with E-state index in [2.05, 4.69) is 9.97 Å². The highest BCUT2D eigenvalue weighted by atomic mass is 19.4. The van der Waals surface area contributed by atoms with Gasteiger partial charge in [0.15, 0.2) is 0 Å². The lowest BCUT2D eigenvalue weighted by atomic mass is 10.1. The maximum atomic E-state index is 12.4. The Bertz CT molecular complexity index is 320. The summed E-state index contributed by atoms with van der Waals surface area (Å²) in [6.07, 6.45) is -2.52. The van der Waals surface area contributed by atoms with Crippen molar-refractivity contribution < 1.29 is 13.2 Å². The highest BCUT2D eigenvalue weighted by molar-refractivity contribution is 5.20. The van der Waals surface area contributed by atoms with Gasteiger partial charge in [0.25, 0.3) is 0 Å². The van der Waals surface area contributed by atoms with Crippen LogP contribution in [0, 0.1) is 6.92 Å². The molecular weight excluding hydrogens is 193 g/mol. The maximum Gasteiger partial charge on any atom is 0.419 e. The van der Waals surface area contributed by atoms with Crippen molar-refractivity contribution in [3.8, 4) is 0 Å². The molecule has 5 heteroatoms. The van der Waals surface area contributed by atoms with Crippen LogP contribution in [0.15, 0.2) is 6.20 Å². The zero-order chi connectivity index (χ0) is 10.8. The minimum atomic E-state index is -4.35. The molecule has 0 unspecified atom stereocenters.